The Balaban J connectivity index is 0.000000175. The van der Waals surface area contributed by atoms with Gasteiger partial charge in [-0.2, -0.15) is 24.9 Å². The zero-order valence-electron chi connectivity index (χ0n) is 19.4. The van der Waals surface area contributed by atoms with Gasteiger partial charge in [0.15, 0.2) is 0 Å². The van der Waals surface area contributed by atoms with Gasteiger partial charge in [0, 0.05) is 34.7 Å². The van der Waals surface area contributed by atoms with Crippen molar-refractivity contribution in [1.29, 1.82) is 0 Å². The number of hydrogen-bond acceptors (Lipinski definition) is 5. The smallest absolute Gasteiger partial charge is 0.504 e. The molecule has 3 aromatic carbocycles. The Labute approximate surface area is 223 Å². The SMILES string of the molecule is CN1[CH-]N(c2[c-]ccc3c2oc2ncccc23)c2ccccc21.[Ir+3].[c-]1ccccc1-c1ccccn1. The minimum atomic E-state index is 0. The van der Waals surface area contributed by atoms with Crippen molar-refractivity contribution in [3.63, 3.8) is 0 Å². The maximum atomic E-state index is 6.02. The van der Waals surface area contributed by atoms with Gasteiger partial charge in [-0.25, -0.2) is 4.98 Å². The Morgan fingerprint density at radius 3 is 2.36 bits per heavy atom. The molecule has 0 aliphatic carbocycles. The van der Waals surface area contributed by atoms with E-state index < -0.39 is 0 Å². The molecule has 0 radical (unpaired) electrons. The molecule has 176 valence electrons. The Hall–Kier alpha value is -3.99. The van der Waals surface area contributed by atoms with Crippen LogP contribution in [0.2, 0.25) is 0 Å². The van der Waals surface area contributed by atoms with Crippen LogP contribution in [-0.4, -0.2) is 17.0 Å². The Bertz CT molecular complexity index is 1560. The quantitative estimate of drug-likeness (QED) is 0.189. The molecule has 5 nitrogen and oxygen atoms in total. The summed E-state index contributed by atoms with van der Waals surface area (Å²) in [6.07, 6.45) is 3.54. The van der Waals surface area contributed by atoms with E-state index in [1.807, 2.05) is 85.9 Å². The average molecular weight is 646 g/mol. The van der Waals surface area contributed by atoms with Crippen LogP contribution >= 0.6 is 0 Å². The number of hydrogen-bond donors (Lipinski definition) is 0. The first-order valence-corrected chi connectivity index (χ1v) is 11.3. The first kappa shape index (κ1) is 23.7. The summed E-state index contributed by atoms with van der Waals surface area (Å²) in [6, 6.07) is 36.4. The molecular weight excluding hydrogens is 625 g/mol. The number of rotatable bonds is 2. The minimum absolute atomic E-state index is 0. The van der Waals surface area contributed by atoms with E-state index in [1.165, 1.54) is 0 Å². The average Bonchev–Trinajstić information content (AvgIpc) is 3.48. The van der Waals surface area contributed by atoms with E-state index in [2.05, 4.69) is 50.7 Å². The van der Waals surface area contributed by atoms with Gasteiger partial charge in [0.1, 0.15) is 0 Å². The van der Waals surface area contributed by atoms with Crippen LogP contribution < -0.4 is 9.80 Å². The summed E-state index contributed by atoms with van der Waals surface area (Å²) in [4.78, 5) is 12.8. The van der Waals surface area contributed by atoms with Gasteiger partial charge in [-0.3, -0.25) is 0 Å². The second-order valence-electron chi connectivity index (χ2n) is 8.10. The molecule has 36 heavy (non-hydrogen) atoms. The van der Waals surface area contributed by atoms with Crippen LogP contribution in [0, 0.1) is 18.8 Å². The number of aromatic nitrogens is 2. The number of pyridine rings is 2. The normalized spacial score (nSPS) is 12.1. The second kappa shape index (κ2) is 10.3. The molecule has 0 fully saturated rings. The number of furan rings is 1. The van der Waals surface area contributed by atoms with Crippen molar-refractivity contribution in [1.82, 2.24) is 9.97 Å². The third-order valence-corrected chi connectivity index (χ3v) is 5.89. The molecule has 1 aliphatic rings. The third-order valence-electron chi connectivity index (χ3n) is 5.89. The Kier molecular flexibility index (Phi) is 6.81. The fourth-order valence-electron chi connectivity index (χ4n) is 4.26. The van der Waals surface area contributed by atoms with E-state index in [0.717, 1.165) is 44.7 Å². The summed E-state index contributed by atoms with van der Waals surface area (Å²) < 4.78 is 6.02. The Morgan fingerprint density at radius 2 is 1.56 bits per heavy atom. The molecule has 6 heteroatoms. The van der Waals surface area contributed by atoms with Gasteiger partial charge in [0.2, 0.25) is 5.71 Å². The summed E-state index contributed by atoms with van der Waals surface area (Å²) in [6.45, 7) is 2.05. The molecule has 7 rings (SSSR count). The second-order valence-corrected chi connectivity index (χ2v) is 8.10. The number of benzene rings is 3. The molecule has 0 unspecified atom stereocenters. The predicted octanol–water partition coefficient (Wildman–Crippen LogP) is 7.03. The maximum absolute atomic E-state index is 6.02. The first-order chi connectivity index (χ1) is 17.3. The molecule has 3 aromatic heterocycles. The Morgan fingerprint density at radius 1 is 0.750 bits per heavy atom. The van der Waals surface area contributed by atoms with E-state index >= 15 is 0 Å². The zero-order valence-corrected chi connectivity index (χ0v) is 21.8. The molecule has 0 atom stereocenters. The predicted molar refractivity (Wildman–Crippen MR) is 140 cm³/mol. The minimum Gasteiger partial charge on any atom is -0.504 e. The van der Waals surface area contributed by atoms with Gasteiger partial charge >= 0.3 is 20.1 Å². The van der Waals surface area contributed by atoms with Crippen LogP contribution in [0.4, 0.5) is 17.1 Å². The van der Waals surface area contributed by atoms with Crippen LogP contribution in [0.3, 0.4) is 0 Å². The number of fused-ring (bicyclic) bond motifs is 4. The van der Waals surface area contributed by atoms with Crippen LogP contribution in [0.5, 0.6) is 0 Å². The van der Waals surface area contributed by atoms with Crippen molar-refractivity contribution in [2.24, 2.45) is 0 Å². The largest absolute Gasteiger partial charge is 3.00 e. The van der Waals surface area contributed by atoms with E-state index in [0.29, 0.717) is 5.71 Å². The number of anilines is 3. The zero-order chi connectivity index (χ0) is 23.6. The van der Waals surface area contributed by atoms with Gasteiger partial charge in [-0.15, -0.1) is 35.9 Å². The van der Waals surface area contributed by atoms with E-state index in [-0.39, 0.29) is 20.1 Å². The van der Waals surface area contributed by atoms with Gasteiger partial charge in [-0.05, 0) is 43.1 Å². The fourth-order valence-corrected chi connectivity index (χ4v) is 4.26. The molecule has 0 saturated carbocycles. The van der Waals surface area contributed by atoms with Gasteiger partial charge in [0.05, 0.1) is 0 Å². The van der Waals surface area contributed by atoms with E-state index in [1.54, 1.807) is 12.4 Å². The molecule has 0 saturated heterocycles. The third kappa shape index (κ3) is 4.37. The molecular formula is C30H21IrN4O. The van der Waals surface area contributed by atoms with Gasteiger partial charge in [-0.1, -0.05) is 35.3 Å². The summed E-state index contributed by atoms with van der Waals surface area (Å²) in [7, 11) is 2.04. The summed E-state index contributed by atoms with van der Waals surface area (Å²) in [5.41, 5.74) is 6.65. The fraction of sp³-hybridized carbons (Fsp3) is 0.0333. The van der Waals surface area contributed by atoms with Crippen LogP contribution in [0.25, 0.3) is 33.3 Å². The topological polar surface area (TPSA) is 45.4 Å². The van der Waals surface area contributed by atoms with Crippen molar-refractivity contribution < 1.29 is 24.5 Å². The van der Waals surface area contributed by atoms with E-state index in [4.69, 9.17) is 4.42 Å². The van der Waals surface area contributed by atoms with Gasteiger partial charge in [0.25, 0.3) is 0 Å². The maximum Gasteiger partial charge on any atom is 3.00 e. The van der Waals surface area contributed by atoms with Crippen molar-refractivity contribution in [2.45, 2.75) is 0 Å². The first-order valence-electron chi connectivity index (χ1n) is 11.3. The van der Waals surface area contributed by atoms with Crippen molar-refractivity contribution in [2.75, 3.05) is 16.8 Å². The summed E-state index contributed by atoms with van der Waals surface area (Å²) >= 11 is 0. The molecule has 4 heterocycles. The van der Waals surface area contributed by atoms with Crippen molar-refractivity contribution in [3.05, 3.63) is 122 Å². The van der Waals surface area contributed by atoms with Crippen molar-refractivity contribution >= 4 is 39.1 Å². The summed E-state index contributed by atoms with van der Waals surface area (Å²) in [5, 5.41) is 2.08. The molecule has 6 aromatic rings. The van der Waals surface area contributed by atoms with E-state index in [9.17, 15) is 0 Å². The van der Waals surface area contributed by atoms with Crippen LogP contribution in [-0.2, 0) is 20.1 Å². The molecule has 0 bridgehead atoms. The summed E-state index contributed by atoms with van der Waals surface area (Å²) in [5.74, 6) is 0. The molecule has 1 aliphatic heterocycles. The number of para-hydroxylation sites is 2. The van der Waals surface area contributed by atoms with Crippen LogP contribution in [0.1, 0.15) is 0 Å². The van der Waals surface area contributed by atoms with Crippen LogP contribution in [0.15, 0.2) is 108 Å². The van der Waals surface area contributed by atoms with Crippen molar-refractivity contribution in [3.8, 4) is 11.3 Å². The number of nitrogens with zero attached hydrogens (tertiary/aromatic N) is 4. The molecule has 0 spiro atoms. The molecule has 0 amide bonds. The standard InChI is InChI=1S/C19H13N3O.C11H8N.Ir/c1-21-12-22(16-9-3-2-8-15(16)21)17-10-4-6-13-14-7-5-11-20-19(14)23-18(13)17;1-2-6-10(7-3-1)11-8-4-5-9-12-11;/h2-9,11-12H,1H3;1-6,8-9H;/q-2;-1;+3. The van der Waals surface area contributed by atoms with Gasteiger partial charge < -0.3 is 19.2 Å². The molecule has 0 N–H and O–H groups in total. The monoisotopic (exact) mass is 646 g/mol.